The zero-order chi connectivity index (χ0) is 8.36. The van der Waals surface area contributed by atoms with Crippen LogP contribution in [0.4, 0.5) is 0 Å². The Morgan fingerprint density at radius 2 is 2.18 bits per heavy atom. The van der Waals surface area contributed by atoms with Gasteiger partial charge in [-0.05, 0) is 18.9 Å². The second-order valence-corrected chi connectivity index (χ2v) is 2.36. The van der Waals surface area contributed by atoms with Crippen molar-refractivity contribution in [2.45, 2.75) is 32.6 Å². The largest absolute Gasteiger partial charge is 0.399 e. The fourth-order valence-electron chi connectivity index (χ4n) is 0.765. The number of rotatable bonds is 6. The van der Waals surface area contributed by atoms with Crippen LogP contribution in [0.25, 0.3) is 0 Å². The lowest BCUT2D eigenvalue weighted by Crippen LogP contribution is -1.72. The summed E-state index contributed by atoms with van der Waals surface area (Å²) in [7, 11) is 1.54. The highest BCUT2D eigenvalue weighted by molar-refractivity contribution is 5.70. The molecule has 0 unspecified atom stereocenters. The summed E-state index contributed by atoms with van der Waals surface area (Å²) in [5, 5.41) is 3.58. The van der Waals surface area contributed by atoms with Gasteiger partial charge < -0.3 is 4.84 Å². The molecule has 64 valence electrons. The van der Waals surface area contributed by atoms with Crippen LogP contribution < -0.4 is 0 Å². The zero-order valence-electron chi connectivity index (χ0n) is 7.42. The van der Waals surface area contributed by atoms with Crippen LogP contribution in [0.2, 0.25) is 0 Å². The molecular weight excluding hydrogens is 138 g/mol. The molecule has 0 saturated carbocycles. The molecule has 0 radical (unpaired) electrons. The Kier molecular flexibility index (Phi) is 8.55. The lowest BCUT2D eigenvalue weighted by molar-refractivity contribution is 0.215. The predicted molar refractivity (Wildman–Crippen MR) is 48.8 cm³/mol. The Balaban J connectivity index is 3.09. The summed E-state index contributed by atoms with van der Waals surface area (Å²) >= 11 is 0. The topological polar surface area (TPSA) is 21.6 Å². The molecule has 0 aromatic heterocycles. The number of hydrogen-bond donors (Lipinski definition) is 0. The van der Waals surface area contributed by atoms with Gasteiger partial charge >= 0.3 is 0 Å². The SMILES string of the molecule is CCCCCC=CC=NOC. The lowest BCUT2D eigenvalue weighted by Gasteiger charge is -1.89. The average molecular weight is 155 g/mol. The standard InChI is InChI=1S/C9H17NO/c1-3-4-5-6-7-8-9-10-11-2/h7-9H,3-6H2,1-2H3. The van der Waals surface area contributed by atoms with Crippen LogP contribution in [0.15, 0.2) is 17.3 Å². The number of unbranched alkanes of at least 4 members (excludes halogenated alkanes) is 3. The van der Waals surface area contributed by atoms with Crippen LogP contribution in [-0.4, -0.2) is 13.3 Å². The van der Waals surface area contributed by atoms with E-state index in [4.69, 9.17) is 0 Å². The third kappa shape index (κ3) is 9.21. The van der Waals surface area contributed by atoms with Gasteiger partial charge in [0.2, 0.25) is 0 Å². The van der Waals surface area contributed by atoms with Gasteiger partial charge in [0.05, 0.1) is 6.21 Å². The van der Waals surface area contributed by atoms with Crippen molar-refractivity contribution in [2.75, 3.05) is 7.11 Å². The van der Waals surface area contributed by atoms with Gasteiger partial charge in [0.15, 0.2) is 0 Å². The normalized spacial score (nSPS) is 11.5. The fraction of sp³-hybridized carbons (Fsp3) is 0.667. The van der Waals surface area contributed by atoms with Crippen molar-refractivity contribution in [1.82, 2.24) is 0 Å². The third-order valence-corrected chi connectivity index (χ3v) is 1.36. The molecule has 0 aliphatic carbocycles. The van der Waals surface area contributed by atoms with Crippen molar-refractivity contribution < 1.29 is 4.84 Å². The molecule has 0 aliphatic rings. The van der Waals surface area contributed by atoms with Gasteiger partial charge in [0.25, 0.3) is 0 Å². The summed E-state index contributed by atoms with van der Waals surface area (Å²) in [6.45, 7) is 2.20. The van der Waals surface area contributed by atoms with E-state index in [1.165, 1.54) is 19.3 Å². The predicted octanol–water partition coefficient (Wildman–Crippen LogP) is 2.76. The summed E-state index contributed by atoms with van der Waals surface area (Å²) in [6.07, 6.45) is 10.7. The van der Waals surface area contributed by atoms with E-state index in [0.29, 0.717) is 0 Å². The van der Waals surface area contributed by atoms with Gasteiger partial charge in [-0.15, -0.1) is 0 Å². The quantitative estimate of drug-likeness (QED) is 0.328. The lowest BCUT2D eigenvalue weighted by atomic mass is 10.2. The summed E-state index contributed by atoms with van der Waals surface area (Å²) in [6, 6.07) is 0. The molecule has 0 saturated heterocycles. The molecular formula is C9H17NO. The van der Waals surface area contributed by atoms with E-state index in [0.717, 1.165) is 6.42 Å². The van der Waals surface area contributed by atoms with E-state index < -0.39 is 0 Å². The number of oxime groups is 1. The molecule has 0 bridgehead atoms. The molecule has 0 amide bonds. The van der Waals surface area contributed by atoms with Gasteiger partial charge in [0, 0.05) is 0 Å². The average Bonchev–Trinajstić information content (AvgIpc) is 2.03. The molecule has 2 nitrogen and oxygen atoms in total. The van der Waals surface area contributed by atoms with Crippen LogP contribution in [0.5, 0.6) is 0 Å². The molecule has 0 heterocycles. The Morgan fingerprint density at radius 1 is 1.36 bits per heavy atom. The van der Waals surface area contributed by atoms with Gasteiger partial charge in [0.1, 0.15) is 7.11 Å². The number of hydrogen-bond acceptors (Lipinski definition) is 2. The van der Waals surface area contributed by atoms with Crippen molar-refractivity contribution in [1.29, 1.82) is 0 Å². The highest BCUT2D eigenvalue weighted by Gasteiger charge is 1.79. The molecule has 11 heavy (non-hydrogen) atoms. The Hall–Kier alpha value is -0.790. The van der Waals surface area contributed by atoms with E-state index in [1.807, 2.05) is 6.08 Å². The molecule has 0 aliphatic heterocycles. The highest BCUT2D eigenvalue weighted by Crippen LogP contribution is 1.98. The number of allylic oxidation sites excluding steroid dienone is 2. The molecule has 0 atom stereocenters. The smallest absolute Gasteiger partial charge is 0.106 e. The maximum Gasteiger partial charge on any atom is 0.106 e. The Bertz CT molecular complexity index is 119. The Morgan fingerprint density at radius 3 is 2.82 bits per heavy atom. The van der Waals surface area contributed by atoms with Crippen molar-refractivity contribution in [3.8, 4) is 0 Å². The maximum atomic E-state index is 4.49. The van der Waals surface area contributed by atoms with E-state index >= 15 is 0 Å². The van der Waals surface area contributed by atoms with Gasteiger partial charge in [-0.2, -0.15) is 0 Å². The van der Waals surface area contributed by atoms with Gasteiger partial charge in [-0.1, -0.05) is 31.0 Å². The van der Waals surface area contributed by atoms with Gasteiger partial charge in [-0.3, -0.25) is 0 Å². The second-order valence-electron chi connectivity index (χ2n) is 2.36. The van der Waals surface area contributed by atoms with Crippen LogP contribution in [0.3, 0.4) is 0 Å². The highest BCUT2D eigenvalue weighted by atomic mass is 16.6. The Labute approximate surface area is 68.9 Å². The monoisotopic (exact) mass is 155 g/mol. The molecule has 0 N–H and O–H groups in total. The van der Waals surface area contributed by atoms with E-state index in [-0.39, 0.29) is 0 Å². The first-order chi connectivity index (χ1) is 5.41. The molecule has 2 heteroatoms. The van der Waals surface area contributed by atoms with Gasteiger partial charge in [-0.25, -0.2) is 0 Å². The first-order valence-electron chi connectivity index (χ1n) is 4.13. The van der Waals surface area contributed by atoms with E-state index in [1.54, 1.807) is 13.3 Å². The molecule has 0 spiro atoms. The molecule has 0 aromatic carbocycles. The first kappa shape index (κ1) is 10.2. The minimum Gasteiger partial charge on any atom is -0.399 e. The first-order valence-corrected chi connectivity index (χ1v) is 4.13. The number of nitrogens with zero attached hydrogens (tertiary/aromatic N) is 1. The summed E-state index contributed by atoms with van der Waals surface area (Å²) in [4.78, 5) is 4.49. The van der Waals surface area contributed by atoms with Crippen LogP contribution in [-0.2, 0) is 4.84 Å². The summed E-state index contributed by atoms with van der Waals surface area (Å²) in [5.41, 5.74) is 0. The zero-order valence-corrected chi connectivity index (χ0v) is 7.42. The summed E-state index contributed by atoms with van der Waals surface area (Å²) in [5.74, 6) is 0. The van der Waals surface area contributed by atoms with Crippen molar-refractivity contribution in [3.63, 3.8) is 0 Å². The third-order valence-electron chi connectivity index (χ3n) is 1.36. The molecule has 0 fully saturated rings. The van der Waals surface area contributed by atoms with Crippen molar-refractivity contribution in [3.05, 3.63) is 12.2 Å². The second kappa shape index (κ2) is 9.21. The minimum atomic E-state index is 1.14. The summed E-state index contributed by atoms with van der Waals surface area (Å²) < 4.78 is 0. The maximum absolute atomic E-state index is 4.49. The van der Waals surface area contributed by atoms with Crippen molar-refractivity contribution >= 4 is 6.21 Å². The van der Waals surface area contributed by atoms with Crippen LogP contribution >= 0.6 is 0 Å². The molecule has 0 rings (SSSR count). The van der Waals surface area contributed by atoms with Crippen LogP contribution in [0.1, 0.15) is 32.6 Å². The van der Waals surface area contributed by atoms with Crippen LogP contribution in [0, 0.1) is 0 Å². The molecule has 0 aromatic rings. The van der Waals surface area contributed by atoms with Crippen molar-refractivity contribution in [2.24, 2.45) is 5.16 Å². The van der Waals surface area contributed by atoms with E-state index in [9.17, 15) is 0 Å². The van der Waals surface area contributed by atoms with E-state index in [2.05, 4.69) is 23.0 Å². The minimum absolute atomic E-state index is 1.14. The fourth-order valence-corrected chi connectivity index (χ4v) is 0.765.